The molecule has 2 rings (SSSR count). The van der Waals surface area contributed by atoms with Crippen molar-refractivity contribution in [1.29, 1.82) is 0 Å². The lowest BCUT2D eigenvalue weighted by Gasteiger charge is -2.43. The standard InChI is InChI=1S/C34H52O7/c1-23-15-19-27(34(8,9)24-13-11-10-12-14-24)28(21-23)41-29(36)20-18-25(39-30(37)32(2,3)4)16-17-26(22-35)40-31(38)33(5,6)7/h10-14,18,20,23,25-28,35H,15-17,19,21-22H2,1-9H3/b20-18-/t23-,25+,26-,27-,28-/m1/s1. The number of carbonyl (C=O) groups is 3. The molecule has 1 aromatic carbocycles. The highest BCUT2D eigenvalue weighted by Crippen LogP contribution is 2.43. The summed E-state index contributed by atoms with van der Waals surface area (Å²) in [5, 5.41) is 9.78. The Balaban J connectivity index is 2.16. The number of ether oxygens (including phenoxy) is 3. The van der Waals surface area contributed by atoms with Crippen molar-refractivity contribution in [3.63, 3.8) is 0 Å². The summed E-state index contributed by atoms with van der Waals surface area (Å²) in [6, 6.07) is 10.3. The number of carbonyl (C=O) groups excluding carboxylic acids is 3. The topological polar surface area (TPSA) is 99.1 Å². The summed E-state index contributed by atoms with van der Waals surface area (Å²) < 4.78 is 17.2. The molecule has 0 radical (unpaired) electrons. The number of hydrogen-bond acceptors (Lipinski definition) is 7. The van der Waals surface area contributed by atoms with E-state index in [9.17, 15) is 19.5 Å². The van der Waals surface area contributed by atoms with E-state index in [1.54, 1.807) is 41.5 Å². The maximum Gasteiger partial charge on any atom is 0.330 e. The number of esters is 3. The lowest BCUT2D eigenvalue weighted by Crippen LogP contribution is -2.43. The zero-order chi connectivity index (χ0) is 31.0. The van der Waals surface area contributed by atoms with Gasteiger partial charge in [0, 0.05) is 12.0 Å². The second kappa shape index (κ2) is 14.5. The second-order valence-corrected chi connectivity index (χ2v) is 14.2. The summed E-state index contributed by atoms with van der Waals surface area (Å²) in [7, 11) is 0. The Labute approximate surface area is 247 Å². The van der Waals surface area contributed by atoms with Crippen molar-refractivity contribution < 1.29 is 33.7 Å². The van der Waals surface area contributed by atoms with Crippen LogP contribution in [0.2, 0.25) is 0 Å². The number of rotatable bonds is 11. The van der Waals surface area contributed by atoms with Gasteiger partial charge in [0.25, 0.3) is 0 Å². The Morgan fingerprint density at radius 3 is 2.05 bits per heavy atom. The van der Waals surface area contributed by atoms with Crippen molar-refractivity contribution in [3.8, 4) is 0 Å². The Morgan fingerprint density at radius 1 is 0.902 bits per heavy atom. The van der Waals surface area contributed by atoms with Crippen LogP contribution in [0, 0.1) is 22.7 Å². The molecule has 1 aliphatic carbocycles. The molecular weight excluding hydrogens is 520 g/mol. The smallest absolute Gasteiger partial charge is 0.330 e. The van der Waals surface area contributed by atoms with Gasteiger partial charge in [0.05, 0.1) is 17.4 Å². The van der Waals surface area contributed by atoms with Crippen molar-refractivity contribution in [2.75, 3.05) is 6.61 Å². The van der Waals surface area contributed by atoms with Gasteiger partial charge in [-0.2, -0.15) is 0 Å². The molecule has 0 heterocycles. The van der Waals surface area contributed by atoms with Gasteiger partial charge in [0.2, 0.25) is 0 Å². The van der Waals surface area contributed by atoms with Crippen molar-refractivity contribution in [3.05, 3.63) is 48.0 Å². The summed E-state index contributed by atoms with van der Waals surface area (Å²) >= 11 is 0. The molecule has 1 fully saturated rings. The van der Waals surface area contributed by atoms with Crippen LogP contribution in [0.15, 0.2) is 42.5 Å². The maximum atomic E-state index is 13.1. The number of hydrogen-bond donors (Lipinski definition) is 1. The highest BCUT2D eigenvalue weighted by atomic mass is 16.6. The SMILES string of the molecule is C[C@@H]1CC[C@@H](C(C)(C)c2ccccc2)[C@H](OC(=O)/C=C\[C@H](CC[C@H](CO)OC(=O)C(C)(C)C)OC(=O)C(C)(C)C)C1. The maximum absolute atomic E-state index is 13.1. The molecule has 0 unspecified atom stereocenters. The Morgan fingerprint density at radius 2 is 1.49 bits per heavy atom. The molecule has 0 aromatic heterocycles. The van der Waals surface area contributed by atoms with E-state index >= 15 is 0 Å². The van der Waals surface area contributed by atoms with Crippen LogP contribution in [0.4, 0.5) is 0 Å². The van der Waals surface area contributed by atoms with Crippen LogP contribution in [-0.2, 0) is 34.0 Å². The Kier molecular flexibility index (Phi) is 12.2. The van der Waals surface area contributed by atoms with Gasteiger partial charge in [0.15, 0.2) is 0 Å². The van der Waals surface area contributed by atoms with Crippen LogP contribution >= 0.6 is 0 Å². The number of aliphatic hydroxyl groups excluding tert-OH is 1. The fraction of sp³-hybridized carbons (Fsp3) is 0.676. The lowest BCUT2D eigenvalue weighted by atomic mass is 9.64. The molecule has 0 bridgehead atoms. The summed E-state index contributed by atoms with van der Waals surface area (Å²) in [6.45, 7) is 16.7. The molecule has 41 heavy (non-hydrogen) atoms. The van der Waals surface area contributed by atoms with E-state index in [0.717, 1.165) is 19.3 Å². The number of aliphatic hydroxyl groups is 1. The van der Waals surface area contributed by atoms with E-state index in [4.69, 9.17) is 14.2 Å². The van der Waals surface area contributed by atoms with Crippen LogP contribution in [-0.4, -0.2) is 47.9 Å². The van der Waals surface area contributed by atoms with E-state index in [0.29, 0.717) is 5.92 Å². The third-order valence-corrected chi connectivity index (χ3v) is 7.95. The molecule has 0 amide bonds. The third kappa shape index (κ3) is 10.6. The fourth-order valence-corrected chi connectivity index (χ4v) is 5.12. The molecule has 7 heteroatoms. The normalized spacial score (nSPS) is 21.7. The zero-order valence-corrected chi connectivity index (χ0v) is 26.6. The van der Waals surface area contributed by atoms with Crippen LogP contribution in [0.5, 0.6) is 0 Å². The predicted octanol–water partition coefficient (Wildman–Crippen LogP) is 6.56. The fourth-order valence-electron chi connectivity index (χ4n) is 5.12. The van der Waals surface area contributed by atoms with Gasteiger partial charge >= 0.3 is 17.9 Å². The Bertz CT molecular complexity index is 1030. The first-order valence-electron chi connectivity index (χ1n) is 14.9. The van der Waals surface area contributed by atoms with Crippen LogP contribution < -0.4 is 0 Å². The average molecular weight is 573 g/mol. The minimum Gasteiger partial charge on any atom is -0.460 e. The van der Waals surface area contributed by atoms with Crippen LogP contribution in [0.25, 0.3) is 0 Å². The third-order valence-electron chi connectivity index (χ3n) is 7.95. The van der Waals surface area contributed by atoms with Crippen molar-refractivity contribution >= 4 is 17.9 Å². The van der Waals surface area contributed by atoms with Crippen molar-refractivity contribution in [1.82, 2.24) is 0 Å². The molecule has 230 valence electrons. The van der Waals surface area contributed by atoms with Gasteiger partial charge in [-0.3, -0.25) is 9.59 Å². The molecule has 1 N–H and O–H groups in total. The molecule has 7 nitrogen and oxygen atoms in total. The van der Waals surface area contributed by atoms with E-state index in [1.807, 2.05) is 18.2 Å². The first-order chi connectivity index (χ1) is 18.9. The van der Waals surface area contributed by atoms with E-state index in [-0.39, 0.29) is 36.9 Å². The van der Waals surface area contributed by atoms with Gasteiger partial charge in [-0.15, -0.1) is 0 Å². The molecule has 1 aromatic rings. The van der Waals surface area contributed by atoms with E-state index < -0.39 is 40.9 Å². The van der Waals surface area contributed by atoms with E-state index in [2.05, 4.69) is 32.9 Å². The first-order valence-corrected chi connectivity index (χ1v) is 14.9. The molecule has 0 aliphatic heterocycles. The quantitative estimate of drug-likeness (QED) is 0.182. The van der Waals surface area contributed by atoms with Gasteiger partial charge in [0.1, 0.15) is 18.3 Å². The summed E-state index contributed by atoms with van der Waals surface area (Å²) in [5.74, 6) is -0.707. The summed E-state index contributed by atoms with van der Waals surface area (Å²) in [5.41, 5.74) is -0.407. The highest BCUT2D eigenvalue weighted by molar-refractivity contribution is 5.82. The minimum absolute atomic E-state index is 0.163. The molecular formula is C34H52O7. The van der Waals surface area contributed by atoms with Crippen molar-refractivity contribution in [2.45, 2.75) is 118 Å². The Hall–Kier alpha value is -2.67. The lowest BCUT2D eigenvalue weighted by molar-refractivity contribution is -0.163. The first kappa shape index (κ1) is 34.5. The van der Waals surface area contributed by atoms with Crippen molar-refractivity contribution in [2.24, 2.45) is 22.7 Å². The molecule has 0 saturated heterocycles. The van der Waals surface area contributed by atoms with Gasteiger partial charge in [-0.25, -0.2) is 4.79 Å². The summed E-state index contributed by atoms with van der Waals surface area (Å²) in [6.07, 6.45) is 4.50. The van der Waals surface area contributed by atoms with E-state index in [1.165, 1.54) is 17.7 Å². The monoisotopic (exact) mass is 572 g/mol. The summed E-state index contributed by atoms with van der Waals surface area (Å²) in [4.78, 5) is 38.1. The van der Waals surface area contributed by atoms with Gasteiger partial charge in [-0.05, 0) is 90.2 Å². The average Bonchev–Trinajstić information content (AvgIpc) is 2.88. The van der Waals surface area contributed by atoms with Crippen LogP contribution in [0.1, 0.15) is 100.0 Å². The molecule has 5 atom stereocenters. The molecule has 1 saturated carbocycles. The van der Waals surface area contributed by atoms with Gasteiger partial charge in [-0.1, -0.05) is 57.5 Å². The predicted molar refractivity (Wildman–Crippen MR) is 160 cm³/mol. The largest absolute Gasteiger partial charge is 0.460 e. The zero-order valence-electron chi connectivity index (χ0n) is 26.6. The van der Waals surface area contributed by atoms with Crippen LogP contribution in [0.3, 0.4) is 0 Å². The molecule has 1 aliphatic rings. The highest BCUT2D eigenvalue weighted by Gasteiger charge is 2.41. The van der Waals surface area contributed by atoms with Gasteiger partial charge < -0.3 is 19.3 Å². The second-order valence-electron chi connectivity index (χ2n) is 14.2. The molecule has 0 spiro atoms. The number of benzene rings is 1. The minimum atomic E-state index is -0.751.